The van der Waals surface area contributed by atoms with Crippen molar-refractivity contribution in [1.29, 1.82) is 5.26 Å². The van der Waals surface area contributed by atoms with Crippen LogP contribution in [0, 0.1) is 11.3 Å². The number of fused-ring (bicyclic) bond motifs is 1. The van der Waals surface area contributed by atoms with E-state index in [1.54, 1.807) is 0 Å². The zero-order valence-corrected chi connectivity index (χ0v) is 17.5. The summed E-state index contributed by atoms with van der Waals surface area (Å²) in [5, 5.41) is 11.5. The first-order valence-electron chi connectivity index (χ1n) is 9.57. The molecule has 2 aromatic heterocycles. The van der Waals surface area contributed by atoms with E-state index in [1.807, 2.05) is 30.6 Å². The summed E-state index contributed by atoms with van der Waals surface area (Å²) in [5.74, 6) is 0.588. The van der Waals surface area contributed by atoms with Crippen LogP contribution in [0.15, 0.2) is 35.5 Å². The van der Waals surface area contributed by atoms with E-state index in [4.69, 9.17) is 11.6 Å². The molecule has 0 atom stereocenters. The Labute approximate surface area is 174 Å². The van der Waals surface area contributed by atoms with Gasteiger partial charge in [0.05, 0.1) is 16.0 Å². The number of hydrogen-bond acceptors (Lipinski definition) is 5. The van der Waals surface area contributed by atoms with E-state index >= 15 is 0 Å². The molecule has 1 aromatic carbocycles. The maximum Gasteiger partial charge on any atom is 0.177 e. The van der Waals surface area contributed by atoms with Crippen molar-refractivity contribution in [2.24, 2.45) is 0 Å². The van der Waals surface area contributed by atoms with Crippen molar-refractivity contribution in [1.82, 2.24) is 19.3 Å². The Kier molecular flexibility index (Phi) is 5.58. The molecule has 0 aliphatic heterocycles. The van der Waals surface area contributed by atoms with Crippen LogP contribution in [0.3, 0.4) is 0 Å². The quantitative estimate of drug-likeness (QED) is 0.542. The summed E-state index contributed by atoms with van der Waals surface area (Å²) in [6.07, 6.45) is 8.22. The van der Waals surface area contributed by atoms with E-state index in [2.05, 4.69) is 39.2 Å². The first kappa shape index (κ1) is 19.3. The number of aromatic nitrogens is 3. The van der Waals surface area contributed by atoms with Crippen LogP contribution in [0.25, 0.3) is 22.4 Å². The van der Waals surface area contributed by atoms with Crippen LogP contribution in [0.2, 0.25) is 5.02 Å². The van der Waals surface area contributed by atoms with Crippen molar-refractivity contribution in [3.8, 4) is 17.6 Å². The zero-order chi connectivity index (χ0) is 19.7. The van der Waals surface area contributed by atoms with Crippen LogP contribution in [0.5, 0.6) is 0 Å². The number of hydrogen-bond donors (Lipinski definition) is 1. The van der Waals surface area contributed by atoms with Crippen LogP contribution in [-0.4, -0.2) is 20.6 Å². The lowest BCUT2D eigenvalue weighted by Gasteiger charge is -2.17. The van der Waals surface area contributed by atoms with E-state index in [9.17, 15) is 5.26 Å². The van der Waals surface area contributed by atoms with Gasteiger partial charge in [-0.25, -0.2) is 9.97 Å². The number of benzene rings is 1. The molecule has 1 N–H and O–H groups in total. The van der Waals surface area contributed by atoms with Gasteiger partial charge in [0.1, 0.15) is 11.8 Å². The largest absolute Gasteiger partial charge is 0.334 e. The van der Waals surface area contributed by atoms with Crippen molar-refractivity contribution in [3.05, 3.63) is 41.2 Å². The third-order valence-corrected chi connectivity index (χ3v) is 6.29. The fraction of sp³-hybridized carbons (Fsp3) is 0.381. The summed E-state index contributed by atoms with van der Waals surface area (Å²) in [4.78, 5) is 10.2. The van der Waals surface area contributed by atoms with Crippen LogP contribution in [0.1, 0.15) is 51.1 Å². The summed E-state index contributed by atoms with van der Waals surface area (Å²) < 4.78 is 5.54. The first-order chi connectivity index (χ1) is 13.6. The number of nitrogens with one attached hydrogen (secondary N) is 1. The van der Waals surface area contributed by atoms with E-state index < -0.39 is 0 Å². The smallest absolute Gasteiger partial charge is 0.177 e. The average molecular weight is 412 g/mol. The standard InChI is InChI=1S/C21H22ClN5S/c1-13(2)26-28-16-11-24-21(25-12-16)20-18(10-23)17-8-7-14(22)9-19(17)27(20)15-5-3-4-6-15/h7-9,11-13,15,26H,3-6H2,1-2H3. The average Bonchev–Trinajstić information content (AvgIpc) is 3.31. The van der Waals surface area contributed by atoms with E-state index in [1.165, 1.54) is 24.8 Å². The molecule has 2 heterocycles. The Morgan fingerprint density at radius 3 is 2.61 bits per heavy atom. The van der Waals surface area contributed by atoms with Crippen LogP contribution < -0.4 is 4.72 Å². The summed E-state index contributed by atoms with van der Waals surface area (Å²) in [7, 11) is 0. The molecule has 0 spiro atoms. The van der Waals surface area contributed by atoms with E-state index in [0.717, 1.165) is 34.3 Å². The maximum atomic E-state index is 9.94. The molecule has 1 aliphatic rings. The molecular formula is C21H22ClN5S. The molecule has 7 heteroatoms. The number of nitrogens with zero attached hydrogens (tertiary/aromatic N) is 4. The Morgan fingerprint density at radius 2 is 1.96 bits per heavy atom. The summed E-state index contributed by atoms with van der Waals surface area (Å²) in [6, 6.07) is 8.83. The lowest BCUT2D eigenvalue weighted by molar-refractivity contribution is 0.539. The summed E-state index contributed by atoms with van der Waals surface area (Å²) >= 11 is 7.81. The molecule has 4 rings (SSSR count). The summed E-state index contributed by atoms with van der Waals surface area (Å²) in [5.41, 5.74) is 2.42. The number of halogens is 1. The second-order valence-electron chi connectivity index (χ2n) is 7.42. The second kappa shape index (κ2) is 8.12. The van der Waals surface area contributed by atoms with Gasteiger partial charge >= 0.3 is 0 Å². The molecule has 1 fully saturated rings. The fourth-order valence-electron chi connectivity index (χ4n) is 3.84. The minimum Gasteiger partial charge on any atom is -0.334 e. The topological polar surface area (TPSA) is 66.5 Å². The molecule has 144 valence electrons. The van der Waals surface area contributed by atoms with Gasteiger partial charge in [0.25, 0.3) is 0 Å². The van der Waals surface area contributed by atoms with Crippen LogP contribution >= 0.6 is 23.5 Å². The third kappa shape index (κ3) is 3.62. The fourth-order valence-corrected chi connectivity index (χ4v) is 4.58. The lowest BCUT2D eigenvalue weighted by Crippen LogP contribution is -2.13. The van der Waals surface area contributed by atoms with Crippen molar-refractivity contribution >= 4 is 34.5 Å². The Morgan fingerprint density at radius 1 is 1.25 bits per heavy atom. The highest BCUT2D eigenvalue weighted by molar-refractivity contribution is 7.97. The van der Waals surface area contributed by atoms with Gasteiger partial charge in [-0.1, -0.05) is 24.4 Å². The van der Waals surface area contributed by atoms with Gasteiger partial charge in [0.2, 0.25) is 0 Å². The monoisotopic (exact) mass is 411 g/mol. The van der Waals surface area contributed by atoms with Gasteiger partial charge in [-0.05, 0) is 56.8 Å². The highest BCUT2D eigenvalue weighted by atomic mass is 35.5. The van der Waals surface area contributed by atoms with Crippen molar-refractivity contribution in [2.45, 2.75) is 56.5 Å². The molecule has 0 saturated heterocycles. The molecule has 0 unspecified atom stereocenters. The van der Waals surface area contributed by atoms with Gasteiger partial charge < -0.3 is 4.57 Å². The van der Waals surface area contributed by atoms with Crippen molar-refractivity contribution in [3.63, 3.8) is 0 Å². The molecule has 5 nitrogen and oxygen atoms in total. The number of rotatable bonds is 5. The number of nitriles is 1. The SMILES string of the molecule is CC(C)NSc1cnc(-c2c(C#N)c3ccc(Cl)cc3n2C2CCCC2)nc1. The maximum absolute atomic E-state index is 9.94. The summed E-state index contributed by atoms with van der Waals surface area (Å²) in [6.45, 7) is 4.18. The molecule has 1 aliphatic carbocycles. The Balaban J connectivity index is 1.85. The highest BCUT2D eigenvalue weighted by Gasteiger charge is 2.27. The van der Waals surface area contributed by atoms with Gasteiger partial charge in [0.15, 0.2) is 5.82 Å². The van der Waals surface area contributed by atoms with E-state index in [-0.39, 0.29) is 0 Å². The molecule has 0 amide bonds. The van der Waals surface area contributed by atoms with Crippen molar-refractivity contribution in [2.75, 3.05) is 0 Å². The third-order valence-electron chi connectivity index (χ3n) is 5.02. The Hall–Kier alpha value is -2.07. The molecule has 0 bridgehead atoms. The second-order valence-corrected chi connectivity index (χ2v) is 8.77. The van der Waals surface area contributed by atoms with Gasteiger partial charge in [0, 0.05) is 34.9 Å². The minimum atomic E-state index is 0.346. The zero-order valence-electron chi connectivity index (χ0n) is 15.9. The van der Waals surface area contributed by atoms with Gasteiger partial charge in [-0.15, -0.1) is 0 Å². The molecule has 3 aromatic rings. The lowest BCUT2D eigenvalue weighted by atomic mass is 10.1. The van der Waals surface area contributed by atoms with Gasteiger partial charge in [-0.3, -0.25) is 4.72 Å². The predicted molar refractivity (Wildman–Crippen MR) is 114 cm³/mol. The van der Waals surface area contributed by atoms with Crippen LogP contribution in [0.4, 0.5) is 0 Å². The molecular weight excluding hydrogens is 390 g/mol. The minimum absolute atomic E-state index is 0.346. The molecule has 0 radical (unpaired) electrons. The highest BCUT2D eigenvalue weighted by Crippen LogP contribution is 2.41. The molecule has 28 heavy (non-hydrogen) atoms. The predicted octanol–water partition coefficient (Wildman–Crippen LogP) is 5.74. The first-order valence-corrected chi connectivity index (χ1v) is 10.8. The van der Waals surface area contributed by atoms with Crippen LogP contribution in [-0.2, 0) is 0 Å². The normalized spacial score (nSPS) is 14.8. The molecule has 1 saturated carbocycles. The Bertz CT molecular complexity index is 1030. The van der Waals surface area contributed by atoms with Crippen molar-refractivity contribution < 1.29 is 0 Å². The van der Waals surface area contributed by atoms with Gasteiger partial charge in [-0.2, -0.15) is 5.26 Å². The van der Waals surface area contributed by atoms with E-state index in [0.29, 0.717) is 28.5 Å².